The lowest BCUT2D eigenvalue weighted by atomic mass is 10.1. The first-order chi connectivity index (χ1) is 13.1. The first-order valence-corrected chi connectivity index (χ1v) is 11.1. The van der Waals surface area contributed by atoms with Gasteiger partial charge < -0.3 is 10.1 Å². The molecule has 4 nitrogen and oxygen atoms in total. The second kappa shape index (κ2) is 9.42. The van der Waals surface area contributed by atoms with E-state index in [9.17, 15) is 9.59 Å². The van der Waals surface area contributed by atoms with E-state index in [1.807, 2.05) is 37.3 Å². The van der Waals surface area contributed by atoms with Gasteiger partial charge in [-0.25, -0.2) is 4.79 Å². The summed E-state index contributed by atoms with van der Waals surface area (Å²) < 4.78 is 5.28. The van der Waals surface area contributed by atoms with E-state index in [4.69, 9.17) is 4.74 Å². The maximum absolute atomic E-state index is 12.8. The first kappa shape index (κ1) is 20.0. The number of hydrogen-bond donors (Lipinski definition) is 1. The molecule has 1 aliphatic rings. The molecule has 1 atom stereocenters. The number of esters is 1. The Balaban J connectivity index is 1.80. The maximum Gasteiger partial charge on any atom is 0.341 e. The molecule has 1 amide bonds. The van der Waals surface area contributed by atoms with Gasteiger partial charge in [-0.3, -0.25) is 4.79 Å². The van der Waals surface area contributed by atoms with Crippen LogP contribution in [0.25, 0.3) is 0 Å². The highest BCUT2D eigenvalue weighted by Crippen LogP contribution is 2.38. The highest BCUT2D eigenvalue weighted by molar-refractivity contribution is 8.00. The van der Waals surface area contributed by atoms with Crippen LogP contribution in [0.15, 0.2) is 35.2 Å². The monoisotopic (exact) mass is 403 g/mol. The van der Waals surface area contributed by atoms with E-state index >= 15 is 0 Å². The summed E-state index contributed by atoms with van der Waals surface area (Å²) >= 11 is 3.05. The molecule has 0 saturated heterocycles. The van der Waals surface area contributed by atoms with E-state index in [1.54, 1.807) is 6.92 Å². The Morgan fingerprint density at radius 3 is 2.67 bits per heavy atom. The van der Waals surface area contributed by atoms with Gasteiger partial charge in [0.1, 0.15) is 5.00 Å². The van der Waals surface area contributed by atoms with Crippen molar-refractivity contribution in [2.45, 2.75) is 56.1 Å². The minimum atomic E-state index is -0.324. The predicted molar refractivity (Wildman–Crippen MR) is 112 cm³/mol. The molecule has 0 saturated carbocycles. The molecule has 0 spiro atoms. The lowest BCUT2D eigenvalue weighted by Gasteiger charge is -2.12. The van der Waals surface area contributed by atoms with Crippen LogP contribution in [-0.4, -0.2) is 23.7 Å². The summed E-state index contributed by atoms with van der Waals surface area (Å²) in [6, 6.07) is 9.86. The van der Waals surface area contributed by atoms with Crippen molar-refractivity contribution in [3.63, 3.8) is 0 Å². The van der Waals surface area contributed by atoms with Crippen molar-refractivity contribution in [1.29, 1.82) is 0 Å². The fourth-order valence-corrected chi connectivity index (χ4v) is 5.39. The van der Waals surface area contributed by atoms with Gasteiger partial charge in [-0.05, 0) is 57.2 Å². The molecule has 6 heteroatoms. The number of anilines is 1. The molecule has 144 valence electrons. The molecular weight excluding hydrogens is 378 g/mol. The maximum atomic E-state index is 12.8. The topological polar surface area (TPSA) is 55.4 Å². The predicted octanol–water partition coefficient (Wildman–Crippen LogP) is 5.31. The largest absolute Gasteiger partial charge is 0.462 e. The highest BCUT2D eigenvalue weighted by atomic mass is 32.2. The minimum absolute atomic E-state index is 0.0918. The van der Waals surface area contributed by atoms with Crippen LogP contribution in [0.3, 0.4) is 0 Å². The summed E-state index contributed by atoms with van der Waals surface area (Å²) in [7, 11) is 0. The molecular formula is C21H25NO3S2. The molecule has 2 aromatic rings. The number of thiophene rings is 1. The molecule has 1 heterocycles. The number of carbonyl (C=O) groups is 2. The van der Waals surface area contributed by atoms with Crippen LogP contribution >= 0.6 is 23.1 Å². The quantitative estimate of drug-likeness (QED) is 0.403. The third-order valence-electron chi connectivity index (χ3n) is 4.56. The SMILES string of the molecule is CCOC(=O)c1c(NC(=O)C(C)Sc2ccccc2)sc2c1CCCCC2. The van der Waals surface area contributed by atoms with Gasteiger partial charge in [0, 0.05) is 9.77 Å². The second-order valence-corrected chi connectivity index (χ2v) is 9.07. The number of thioether (sulfide) groups is 1. The number of aryl methyl sites for hydroxylation is 1. The lowest BCUT2D eigenvalue weighted by molar-refractivity contribution is -0.115. The lowest BCUT2D eigenvalue weighted by Crippen LogP contribution is -2.23. The standard InChI is InChI=1S/C21H25NO3S2/c1-3-25-21(24)18-16-12-8-5-9-13-17(16)27-20(18)22-19(23)14(2)26-15-10-6-4-7-11-15/h4,6-7,10-11,14H,3,5,8-9,12-13H2,1-2H3,(H,22,23). The Kier molecular flexibility index (Phi) is 6.96. The molecule has 3 rings (SSSR count). The minimum Gasteiger partial charge on any atom is -0.462 e. The van der Waals surface area contributed by atoms with Gasteiger partial charge >= 0.3 is 5.97 Å². The Hall–Kier alpha value is -1.79. The van der Waals surface area contributed by atoms with Crippen LogP contribution in [0.2, 0.25) is 0 Å². The fraction of sp³-hybridized carbons (Fsp3) is 0.429. The van der Waals surface area contributed by atoms with Crippen molar-refractivity contribution in [2.24, 2.45) is 0 Å². The van der Waals surface area contributed by atoms with E-state index in [-0.39, 0.29) is 17.1 Å². The number of fused-ring (bicyclic) bond motifs is 1. The summed E-state index contributed by atoms with van der Waals surface area (Å²) in [5.41, 5.74) is 1.65. The summed E-state index contributed by atoms with van der Waals surface area (Å²) in [6.45, 7) is 4.02. The molecule has 0 radical (unpaired) electrons. The summed E-state index contributed by atoms with van der Waals surface area (Å²) in [4.78, 5) is 27.6. The number of nitrogens with one attached hydrogen (secondary N) is 1. The summed E-state index contributed by atoms with van der Waals surface area (Å²) in [6.07, 6.45) is 5.23. The van der Waals surface area contributed by atoms with Gasteiger partial charge in [0.2, 0.25) is 5.91 Å². The van der Waals surface area contributed by atoms with E-state index in [0.717, 1.165) is 36.1 Å². The van der Waals surface area contributed by atoms with Crippen molar-refractivity contribution in [3.8, 4) is 0 Å². The molecule has 1 aliphatic carbocycles. The Morgan fingerprint density at radius 2 is 1.93 bits per heavy atom. The molecule has 1 unspecified atom stereocenters. The van der Waals surface area contributed by atoms with E-state index in [0.29, 0.717) is 17.2 Å². The molecule has 0 aliphatic heterocycles. The Morgan fingerprint density at radius 1 is 1.19 bits per heavy atom. The number of amides is 1. The molecule has 0 fully saturated rings. The van der Waals surface area contributed by atoms with Gasteiger partial charge in [0.15, 0.2) is 0 Å². The third kappa shape index (κ3) is 4.93. The average molecular weight is 404 g/mol. The van der Waals surface area contributed by atoms with Crippen molar-refractivity contribution in [3.05, 3.63) is 46.3 Å². The van der Waals surface area contributed by atoms with Gasteiger partial charge in [-0.1, -0.05) is 24.6 Å². The third-order valence-corrected chi connectivity index (χ3v) is 6.88. The van der Waals surface area contributed by atoms with Crippen molar-refractivity contribution in [1.82, 2.24) is 0 Å². The van der Waals surface area contributed by atoms with E-state index in [2.05, 4.69) is 5.32 Å². The van der Waals surface area contributed by atoms with Crippen molar-refractivity contribution in [2.75, 3.05) is 11.9 Å². The number of hydrogen-bond acceptors (Lipinski definition) is 5. The number of rotatable bonds is 6. The Labute approximate surface area is 168 Å². The normalized spacial score (nSPS) is 14.7. The zero-order valence-electron chi connectivity index (χ0n) is 15.7. The van der Waals surface area contributed by atoms with Crippen LogP contribution in [-0.2, 0) is 22.4 Å². The van der Waals surface area contributed by atoms with Crippen molar-refractivity contribution < 1.29 is 14.3 Å². The molecule has 1 aromatic heterocycles. The van der Waals surface area contributed by atoms with Crippen LogP contribution < -0.4 is 5.32 Å². The van der Waals surface area contributed by atoms with Crippen molar-refractivity contribution >= 4 is 40.0 Å². The molecule has 1 aromatic carbocycles. The molecule has 1 N–H and O–H groups in total. The zero-order valence-corrected chi connectivity index (χ0v) is 17.4. The van der Waals surface area contributed by atoms with Crippen LogP contribution in [0.1, 0.15) is 53.9 Å². The Bertz CT molecular complexity index is 801. The number of benzene rings is 1. The number of ether oxygens (including phenoxy) is 1. The zero-order chi connectivity index (χ0) is 19.2. The average Bonchev–Trinajstić information content (AvgIpc) is 2.83. The second-order valence-electron chi connectivity index (χ2n) is 6.55. The van der Waals surface area contributed by atoms with Gasteiger partial charge in [0.05, 0.1) is 17.4 Å². The van der Waals surface area contributed by atoms with Gasteiger partial charge in [-0.15, -0.1) is 23.1 Å². The van der Waals surface area contributed by atoms with E-state index < -0.39 is 0 Å². The van der Waals surface area contributed by atoms with Crippen LogP contribution in [0, 0.1) is 0 Å². The molecule has 27 heavy (non-hydrogen) atoms. The van der Waals surface area contributed by atoms with E-state index in [1.165, 1.54) is 34.4 Å². The van der Waals surface area contributed by atoms with Crippen LogP contribution in [0.4, 0.5) is 5.00 Å². The van der Waals surface area contributed by atoms with Crippen LogP contribution in [0.5, 0.6) is 0 Å². The highest BCUT2D eigenvalue weighted by Gasteiger charge is 2.27. The van der Waals surface area contributed by atoms with Gasteiger partial charge in [-0.2, -0.15) is 0 Å². The number of carbonyl (C=O) groups excluding carboxylic acids is 2. The first-order valence-electron chi connectivity index (χ1n) is 9.44. The smallest absolute Gasteiger partial charge is 0.341 e. The van der Waals surface area contributed by atoms with Gasteiger partial charge in [0.25, 0.3) is 0 Å². The summed E-state index contributed by atoms with van der Waals surface area (Å²) in [5, 5.41) is 3.39. The fourth-order valence-electron chi connectivity index (χ4n) is 3.22. The summed E-state index contributed by atoms with van der Waals surface area (Å²) in [5.74, 6) is -0.415. The molecule has 0 bridgehead atoms.